The summed E-state index contributed by atoms with van der Waals surface area (Å²) in [7, 11) is 0. The maximum absolute atomic E-state index is 13.6. The number of hydrogen-bond acceptors (Lipinski definition) is 8. The highest BCUT2D eigenvalue weighted by Crippen LogP contribution is 2.32. The molecule has 3 amide bonds. The topological polar surface area (TPSA) is 118 Å². The minimum absolute atomic E-state index is 0.0504. The Morgan fingerprint density at radius 3 is 2.35 bits per heavy atom. The number of halogens is 1. The summed E-state index contributed by atoms with van der Waals surface area (Å²) in [5.74, 6) is -1.31. The van der Waals surface area contributed by atoms with Gasteiger partial charge in [-0.2, -0.15) is 0 Å². The van der Waals surface area contributed by atoms with Crippen LogP contribution in [0.5, 0.6) is 0 Å². The lowest BCUT2D eigenvalue weighted by atomic mass is 10.1. The van der Waals surface area contributed by atoms with Crippen molar-refractivity contribution in [3.63, 3.8) is 0 Å². The Kier molecular flexibility index (Phi) is 11.5. The lowest BCUT2D eigenvalue weighted by Crippen LogP contribution is -2.56. The first-order valence-electron chi connectivity index (χ1n) is 13.4. The number of piperazine rings is 1. The lowest BCUT2D eigenvalue weighted by molar-refractivity contribution is -0.155. The molecule has 0 aliphatic carbocycles. The number of unbranched alkanes of at least 4 members (excludes halogenated alkanes) is 1. The number of aromatic nitrogens is 1. The van der Waals surface area contributed by atoms with Gasteiger partial charge >= 0.3 is 12.1 Å². The van der Waals surface area contributed by atoms with E-state index in [0.29, 0.717) is 41.6 Å². The summed E-state index contributed by atoms with van der Waals surface area (Å²) in [4.78, 5) is 59.2. The fourth-order valence-electron chi connectivity index (χ4n) is 4.01. The molecule has 1 aromatic heterocycles. The second-order valence-electron chi connectivity index (χ2n) is 10.4. The number of carbonyl (C=O) groups excluding carboxylic acids is 4. The predicted molar refractivity (Wildman–Crippen MR) is 156 cm³/mol. The van der Waals surface area contributed by atoms with E-state index in [0.717, 1.165) is 18.4 Å². The van der Waals surface area contributed by atoms with E-state index in [1.807, 2.05) is 37.3 Å². The highest BCUT2D eigenvalue weighted by molar-refractivity contribution is 9.11. The highest BCUT2D eigenvalue weighted by Gasteiger charge is 2.32. The highest BCUT2D eigenvalue weighted by atomic mass is 79.9. The Morgan fingerprint density at radius 1 is 1.07 bits per heavy atom. The SMILES string of the molecule is CCCCOC(=O)N1CCN(C(=O)C(CCC(=O)OC(C)(C)C)NC(=O)c2nc(-c3ccccc3)sc2Br)CC1. The van der Waals surface area contributed by atoms with E-state index in [1.54, 1.807) is 30.6 Å². The summed E-state index contributed by atoms with van der Waals surface area (Å²) >= 11 is 4.75. The molecule has 3 rings (SSSR count). The molecule has 2 heterocycles. The molecule has 1 saturated heterocycles. The Balaban J connectivity index is 1.69. The monoisotopic (exact) mass is 636 g/mol. The van der Waals surface area contributed by atoms with Gasteiger partial charge in [0.25, 0.3) is 5.91 Å². The number of carbonyl (C=O) groups is 4. The van der Waals surface area contributed by atoms with Crippen LogP contribution in [-0.2, 0) is 19.1 Å². The summed E-state index contributed by atoms with van der Waals surface area (Å²) in [5, 5.41) is 3.46. The first-order chi connectivity index (χ1) is 19.0. The van der Waals surface area contributed by atoms with Crippen LogP contribution in [0, 0.1) is 0 Å². The maximum Gasteiger partial charge on any atom is 0.409 e. The molecule has 0 spiro atoms. The molecule has 218 valence electrons. The van der Waals surface area contributed by atoms with Crippen LogP contribution >= 0.6 is 27.3 Å². The number of hydrogen-bond donors (Lipinski definition) is 1. The van der Waals surface area contributed by atoms with Crippen molar-refractivity contribution in [2.45, 2.75) is 65.0 Å². The summed E-state index contributed by atoms with van der Waals surface area (Å²) < 4.78 is 11.2. The van der Waals surface area contributed by atoms with Crippen molar-refractivity contribution in [3.8, 4) is 10.6 Å². The molecule has 1 unspecified atom stereocenters. The standard InChI is InChI=1S/C28H37BrN4O6S/c1-5-6-18-38-27(37)33-16-14-32(15-17-33)26(36)20(12-13-21(34)39-28(2,3)4)30-24(35)22-23(29)40-25(31-22)19-10-8-7-9-11-19/h7-11,20H,5-6,12-18H2,1-4H3,(H,30,35). The molecule has 0 bridgehead atoms. The average molecular weight is 638 g/mol. The van der Waals surface area contributed by atoms with Crippen LogP contribution < -0.4 is 5.32 Å². The van der Waals surface area contributed by atoms with Gasteiger partial charge in [-0.15, -0.1) is 11.3 Å². The Labute approximate surface area is 247 Å². The van der Waals surface area contributed by atoms with Gasteiger partial charge in [0.05, 0.1) is 6.61 Å². The van der Waals surface area contributed by atoms with Crippen LogP contribution in [0.25, 0.3) is 10.6 Å². The first-order valence-corrected chi connectivity index (χ1v) is 15.0. The number of nitrogens with one attached hydrogen (secondary N) is 1. The molecular weight excluding hydrogens is 600 g/mol. The van der Waals surface area contributed by atoms with Crippen molar-refractivity contribution in [2.24, 2.45) is 0 Å². The number of amides is 3. The predicted octanol–water partition coefficient (Wildman–Crippen LogP) is 4.87. The number of rotatable bonds is 10. The lowest BCUT2D eigenvalue weighted by Gasteiger charge is -2.36. The number of nitrogens with zero attached hydrogens (tertiary/aromatic N) is 3. The minimum Gasteiger partial charge on any atom is -0.460 e. The average Bonchev–Trinajstić information content (AvgIpc) is 3.32. The Morgan fingerprint density at radius 2 is 1.73 bits per heavy atom. The summed E-state index contributed by atoms with van der Waals surface area (Å²) in [6.07, 6.45) is 1.34. The van der Waals surface area contributed by atoms with Gasteiger partial charge in [-0.1, -0.05) is 43.7 Å². The van der Waals surface area contributed by atoms with Gasteiger partial charge in [0, 0.05) is 38.2 Å². The van der Waals surface area contributed by atoms with Crippen molar-refractivity contribution >= 4 is 51.1 Å². The molecule has 1 aliphatic heterocycles. The molecule has 1 atom stereocenters. The third kappa shape index (κ3) is 9.29. The van der Waals surface area contributed by atoms with E-state index in [4.69, 9.17) is 9.47 Å². The molecular formula is C28H37BrN4O6S. The van der Waals surface area contributed by atoms with Crippen LogP contribution in [0.1, 0.15) is 63.9 Å². The van der Waals surface area contributed by atoms with E-state index >= 15 is 0 Å². The molecule has 0 saturated carbocycles. The minimum atomic E-state index is -0.975. The fourth-order valence-corrected chi connectivity index (χ4v) is 5.53. The zero-order chi connectivity index (χ0) is 29.3. The van der Waals surface area contributed by atoms with Gasteiger partial charge in [-0.3, -0.25) is 14.4 Å². The number of ether oxygens (including phenoxy) is 2. The summed E-state index contributed by atoms with van der Waals surface area (Å²) in [6.45, 7) is 8.92. The van der Waals surface area contributed by atoms with Gasteiger partial charge in [0.2, 0.25) is 5.91 Å². The zero-order valence-corrected chi connectivity index (χ0v) is 25.8. The van der Waals surface area contributed by atoms with E-state index < -0.39 is 29.6 Å². The molecule has 0 radical (unpaired) electrons. The molecule has 1 aromatic carbocycles. The normalized spacial score (nSPS) is 14.4. The Hall–Kier alpha value is -2.99. The van der Waals surface area contributed by atoms with E-state index in [9.17, 15) is 19.2 Å². The van der Waals surface area contributed by atoms with E-state index in [1.165, 1.54) is 11.3 Å². The van der Waals surface area contributed by atoms with Crippen molar-refractivity contribution in [3.05, 3.63) is 39.8 Å². The zero-order valence-electron chi connectivity index (χ0n) is 23.4. The summed E-state index contributed by atoms with van der Waals surface area (Å²) in [5.41, 5.74) is 0.371. The van der Waals surface area contributed by atoms with Crippen molar-refractivity contribution in [2.75, 3.05) is 32.8 Å². The van der Waals surface area contributed by atoms with E-state index in [-0.39, 0.29) is 24.4 Å². The van der Waals surface area contributed by atoms with Crippen LogP contribution in [0.3, 0.4) is 0 Å². The van der Waals surface area contributed by atoms with E-state index in [2.05, 4.69) is 26.2 Å². The van der Waals surface area contributed by atoms with Gasteiger partial charge in [-0.05, 0) is 49.5 Å². The van der Waals surface area contributed by atoms with Gasteiger partial charge in [0.15, 0.2) is 5.69 Å². The number of benzene rings is 1. The third-order valence-corrected chi connectivity index (χ3v) is 7.81. The molecule has 1 aliphatic rings. The number of esters is 1. The van der Waals surface area contributed by atoms with Crippen LogP contribution in [0.4, 0.5) is 4.79 Å². The maximum atomic E-state index is 13.6. The molecule has 40 heavy (non-hydrogen) atoms. The smallest absolute Gasteiger partial charge is 0.409 e. The van der Waals surface area contributed by atoms with Gasteiger partial charge in [-0.25, -0.2) is 9.78 Å². The third-order valence-electron chi connectivity index (χ3n) is 6.06. The Bertz CT molecular complexity index is 1180. The molecule has 1 N–H and O–H groups in total. The second kappa shape index (κ2) is 14.6. The molecule has 10 nitrogen and oxygen atoms in total. The van der Waals surface area contributed by atoms with Crippen molar-refractivity contribution in [1.82, 2.24) is 20.1 Å². The molecule has 1 fully saturated rings. The van der Waals surface area contributed by atoms with Gasteiger partial charge in [0.1, 0.15) is 20.4 Å². The van der Waals surface area contributed by atoms with Crippen molar-refractivity contribution < 1.29 is 28.7 Å². The fraction of sp³-hybridized carbons (Fsp3) is 0.536. The van der Waals surface area contributed by atoms with Gasteiger partial charge < -0.3 is 24.6 Å². The van der Waals surface area contributed by atoms with Crippen LogP contribution in [0.15, 0.2) is 34.1 Å². The van der Waals surface area contributed by atoms with Crippen molar-refractivity contribution in [1.29, 1.82) is 0 Å². The molecule has 12 heteroatoms. The molecule has 2 aromatic rings. The first kappa shape index (κ1) is 31.5. The largest absolute Gasteiger partial charge is 0.460 e. The summed E-state index contributed by atoms with van der Waals surface area (Å²) in [6, 6.07) is 8.51. The second-order valence-corrected chi connectivity index (χ2v) is 12.8. The van der Waals surface area contributed by atoms with Crippen LogP contribution in [0.2, 0.25) is 0 Å². The quantitative estimate of drug-likeness (QED) is 0.292. The van der Waals surface area contributed by atoms with Crippen LogP contribution in [-0.4, -0.2) is 83.1 Å². The number of thiazole rings is 1.